The molecule has 0 fully saturated rings. The van der Waals surface area contributed by atoms with E-state index in [-0.39, 0.29) is 5.56 Å². The zero-order valence-electron chi connectivity index (χ0n) is 15.0. The van der Waals surface area contributed by atoms with Crippen molar-refractivity contribution in [3.8, 4) is 6.07 Å². The molecule has 1 aromatic carbocycles. The highest BCUT2D eigenvalue weighted by molar-refractivity contribution is 8.02. The number of thioether (sulfide) groups is 1. The van der Waals surface area contributed by atoms with Crippen molar-refractivity contribution in [3.05, 3.63) is 94.6 Å². The number of carboxylic acid groups (broad SMARTS) is 1. The van der Waals surface area contributed by atoms with Crippen LogP contribution in [-0.4, -0.2) is 18.1 Å². The van der Waals surface area contributed by atoms with Gasteiger partial charge >= 0.3 is 5.97 Å². The number of nitriles is 1. The van der Waals surface area contributed by atoms with Crippen LogP contribution in [0.5, 0.6) is 0 Å². The highest BCUT2D eigenvalue weighted by atomic mass is 32.2. The summed E-state index contributed by atoms with van der Waals surface area (Å²) in [5.74, 6) is -0.422. The fraction of sp³-hybridized carbons (Fsp3) is 0.143. The molecule has 4 nitrogen and oxygen atoms in total. The van der Waals surface area contributed by atoms with E-state index >= 15 is 0 Å². The number of allylic oxidation sites excluding steroid dienone is 7. The third kappa shape index (κ3) is 5.54. The summed E-state index contributed by atoms with van der Waals surface area (Å²) < 4.78 is 0. The zero-order chi connectivity index (χ0) is 19.5. The topological polar surface area (TPSA) is 73.1 Å². The van der Waals surface area contributed by atoms with Gasteiger partial charge in [0.2, 0.25) is 0 Å². The molecule has 0 spiro atoms. The fourth-order valence-electron chi connectivity index (χ4n) is 2.30. The third-order valence-electron chi connectivity index (χ3n) is 3.51. The summed E-state index contributed by atoms with van der Waals surface area (Å²) in [6.07, 6.45) is 6.99. The molecule has 0 aliphatic rings. The average Bonchev–Trinajstić information content (AvgIpc) is 2.66. The lowest BCUT2D eigenvalue weighted by molar-refractivity contribution is 0.0697. The molecule has 0 aliphatic carbocycles. The molecule has 0 bridgehead atoms. The van der Waals surface area contributed by atoms with E-state index in [4.69, 9.17) is 5.11 Å². The lowest BCUT2D eigenvalue weighted by Gasteiger charge is -2.13. The molecule has 0 heterocycles. The van der Waals surface area contributed by atoms with Gasteiger partial charge < -0.3 is 10.4 Å². The summed E-state index contributed by atoms with van der Waals surface area (Å²) in [5, 5.41) is 22.6. The molecule has 0 saturated heterocycles. The first kappa shape index (κ1) is 21.1. The summed E-state index contributed by atoms with van der Waals surface area (Å²) in [7, 11) is 1.76. The van der Waals surface area contributed by atoms with E-state index in [0.717, 1.165) is 16.7 Å². The van der Waals surface area contributed by atoms with Gasteiger partial charge in [-0.3, -0.25) is 0 Å². The Bertz CT molecular complexity index is 827. The highest BCUT2D eigenvalue weighted by Gasteiger charge is 2.14. The van der Waals surface area contributed by atoms with Crippen LogP contribution in [0.1, 0.15) is 22.8 Å². The summed E-state index contributed by atoms with van der Waals surface area (Å²) in [4.78, 5) is 11.1. The zero-order valence-corrected chi connectivity index (χ0v) is 15.8. The van der Waals surface area contributed by atoms with Crippen LogP contribution in [0.3, 0.4) is 0 Å². The molecular formula is C21H22N2O2S. The Hall–Kier alpha value is -2.97. The number of carboxylic acids is 1. The van der Waals surface area contributed by atoms with E-state index in [1.165, 1.54) is 11.8 Å². The predicted octanol–water partition coefficient (Wildman–Crippen LogP) is 4.82. The Morgan fingerprint density at radius 1 is 1.42 bits per heavy atom. The van der Waals surface area contributed by atoms with Crippen LogP contribution < -0.4 is 5.32 Å². The number of rotatable bonds is 9. The number of hydrogen-bond donors (Lipinski definition) is 2. The van der Waals surface area contributed by atoms with Gasteiger partial charge in [0, 0.05) is 12.8 Å². The van der Waals surface area contributed by atoms with Gasteiger partial charge in [-0.1, -0.05) is 49.6 Å². The van der Waals surface area contributed by atoms with Gasteiger partial charge in [-0.05, 0) is 35.8 Å². The quantitative estimate of drug-likeness (QED) is 0.484. The second-order valence-electron chi connectivity index (χ2n) is 5.12. The first-order valence-corrected chi connectivity index (χ1v) is 8.90. The van der Waals surface area contributed by atoms with Crippen molar-refractivity contribution in [1.82, 2.24) is 5.32 Å². The Balaban J connectivity index is 3.20. The van der Waals surface area contributed by atoms with Crippen LogP contribution >= 0.6 is 11.8 Å². The minimum atomic E-state index is -0.958. The SMILES string of the molecule is C=C/C=C(C=C)/C(=C/C)C(/C#N)=C(\NC)SCc1cccc(C(=O)O)c1. The second-order valence-corrected chi connectivity index (χ2v) is 6.11. The number of carbonyl (C=O) groups is 1. The first-order chi connectivity index (χ1) is 12.5. The summed E-state index contributed by atoms with van der Waals surface area (Å²) >= 11 is 1.44. The maximum Gasteiger partial charge on any atom is 0.335 e. The normalized spacial score (nSPS) is 12.7. The van der Waals surface area contributed by atoms with Crippen molar-refractivity contribution in [2.45, 2.75) is 12.7 Å². The molecule has 134 valence electrons. The van der Waals surface area contributed by atoms with E-state index in [1.54, 1.807) is 43.5 Å². The van der Waals surface area contributed by atoms with E-state index in [9.17, 15) is 10.1 Å². The van der Waals surface area contributed by atoms with Crippen LogP contribution in [0.25, 0.3) is 0 Å². The molecule has 1 aromatic rings. The number of benzene rings is 1. The van der Waals surface area contributed by atoms with Gasteiger partial charge in [-0.2, -0.15) is 5.26 Å². The second kappa shape index (κ2) is 10.8. The molecular weight excluding hydrogens is 344 g/mol. The van der Waals surface area contributed by atoms with Gasteiger partial charge in [0.15, 0.2) is 0 Å². The fourth-order valence-corrected chi connectivity index (χ4v) is 3.24. The molecule has 2 N–H and O–H groups in total. The molecule has 0 atom stereocenters. The molecule has 0 aromatic heterocycles. The van der Waals surface area contributed by atoms with E-state index < -0.39 is 5.97 Å². The van der Waals surface area contributed by atoms with E-state index in [0.29, 0.717) is 16.4 Å². The maximum atomic E-state index is 11.1. The Kier molecular flexibility index (Phi) is 8.76. The van der Waals surface area contributed by atoms with Crippen LogP contribution in [0.2, 0.25) is 0 Å². The first-order valence-electron chi connectivity index (χ1n) is 7.91. The number of nitrogens with one attached hydrogen (secondary N) is 1. The highest BCUT2D eigenvalue weighted by Crippen LogP contribution is 2.29. The molecule has 0 saturated carbocycles. The summed E-state index contributed by atoms with van der Waals surface area (Å²) in [6.45, 7) is 9.36. The third-order valence-corrected chi connectivity index (χ3v) is 4.68. The van der Waals surface area contributed by atoms with E-state index in [1.807, 2.05) is 19.1 Å². The predicted molar refractivity (Wildman–Crippen MR) is 109 cm³/mol. The van der Waals surface area contributed by atoms with E-state index in [2.05, 4.69) is 24.5 Å². The largest absolute Gasteiger partial charge is 0.478 e. The number of aromatic carboxylic acids is 1. The van der Waals surface area contributed by atoms with Crippen LogP contribution in [0, 0.1) is 11.3 Å². The van der Waals surface area contributed by atoms with Crippen molar-refractivity contribution >= 4 is 17.7 Å². The van der Waals surface area contributed by atoms with Crippen molar-refractivity contribution in [3.63, 3.8) is 0 Å². The molecule has 5 heteroatoms. The van der Waals surface area contributed by atoms with Gasteiger partial charge in [0.1, 0.15) is 6.07 Å². The van der Waals surface area contributed by atoms with Crippen molar-refractivity contribution < 1.29 is 9.90 Å². The van der Waals surface area contributed by atoms with Crippen molar-refractivity contribution in [2.75, 3.05) is 7.05 Å². The van der Waals surface area contributed by atoms with Crippen LogP contribution in [0.15, 0.2) is 83.5 Å². The molecule has 0 aliphatic heterocycles. The monoisotopic (exact) mass is 366 g/mol. The number of nitrogens with zero attached hydrogens (tertiary/aromatic N) is 1. The standard InChI is InChI=1S/C21H22N2O2S/c1-5-9-16(6-2)18(7-3)19(13-22)20(23-4)26-14-15-10-8-11-17(12-15)21(24)25/h5-12,23H,1-2,14H2,3-4H3,(H,24,25)/b16-9+,18-7-,20-19+. The lowest BCUT2D eigenvalue weighted by Crippen LogP contribution is -2.08. The van der Waals surface area contributed by atoms with Gasteiger partial charge in [0.05, 0.1) is 16.2 Å². The van der Waals surface area contributed by atoms with Gasteiger partial charge in [0.25, 0.3) is 0 Å². The lowest BCUT2D eigenvalue weighted by atomic mass is 9.98. The Morgan fingerprint density at radius 3 is 2.65 bits per heavy atom. The van der Waals surface area contributed by atoms with Crippen molar-refractivity contribution in [2.24, 2.45) is 0 Å². The van der Waals surface area contributed by atoms with Crippen LogP contribution in [-0.2, 0) is 5.75 Å². The average molecular weight is 366 g/mol. The molecule has 0 amide bonds. The Morgan fingerprint density at radius 2 is 2.15 bits per heavy atom. The maximum absolute atomic E-state index is 11.1. The molecule has 1 rings (SSSR count). The smallest absolute Gasteiger partial charge is 0.335 e. The van der Waals surface area contributed by atoms with Crippen LogP contribution in [0.4, 0.5) is 0 Å². The minimum absolute atomic E-state index is 0.246. The Labute approximate surface area is 158 Å². The van der Waals surface area contributed by atoms with Gasteiger partial charge in [-0.25, -0.2) is 4.79 Å². The summed E-state index contributed by atoms with van der Waals surface area (Å²) in [5.41, 5.74) is 3.18. The van der Waals surface area contributed by atoms with Crippen molar-refractivity contribution in [1.29, 1.82) is 5.26 Å². The molecule has 0 radical (unpaired) electrons. The molecule has 0 unspecified atom stereocenters. The van der Waals surface area contributed by atoms with Gasteiger partial charge in [-0.15, -0.1) is 11.8 Å². The minimum Gasteiger partial charge on any atom is -0.478 e. The molecule has 26 heavy (non-hydrogen) atoms. The number of hydrogen-bond acceptors (Lipinski definition) is 4. The summed E-state index contributed by atoms with van der Waals surface area (Å²) in [6, 6.07) is 9.03.